The van der Waals surface area contributed by atoms with E-state index in [0.29, 0.717) is 17.0 Å². The van der Waals surface area contributed by atoms with Crippen LogP contribution in [0.15, 0.2) is 24.3 Å². The molecule has 0 fully saturated rings. The number of halogens is 1. The summed E-state index contributed by atoms with van der Waals surface area (Å²) >= 11 is 5.72. The summed E-state index contributed by atoms with van der Waals surface area (Å²) < 4.78 is 4.58. The molecule has 0 spiro atoms. The summed E-state index contributed by atoms with van der Waals surface area (Å²) in [6.07, 6.45) is 0.478. The Morgan fingerprint density at radius 1 is 1.35 bits per heavy atom. The van der Waals surface area contributed by atoms with E-state index in [1.54, 1.807) is 31.2 Å². The highest BCUT2D eigenvalue weighted by atomic mass is 35.5. The van der Waals surface area contributed by atoms with Crippen LogP contribution in [0.2, 0.25) is 5.02 Å². The van der Waals surface area contributed by atoms with Crippen LogP contribution in [0.5, 0.6) is 0 Å². The lowest BCUT2D eigenvalue weighted by atomic mass is 10.1. The molecule has 1 aromatic carbocycles. The number of nitrogens with one attached hydrogen (secondary N) is 1. The van der Waals surface area contributed by atoms with Crippen molar-refractivity contribution in [3.63, 3.8) is 0 Å². The van der Waals surface area contributed by atoms with Crippen molar-refractivity contribution in [2.24, 2.45) is 0 Å². The fourth-order valence-electron chi connectivity index (χ4n) is 1.31. The van der Waals surface area contributed by atoms with Crippen LogP contribution in [0.3, 0.4) is 0 Å². The molecule has 0 aromatic heterocycles. The summed E-state index contributed by atoms with van der Waals surface area (Å²) in [5.41, 5.74) is 0.455. The lowest BCUT2D eigenvalue weighted by Crippen LogP contribution is -2.40. The number of carbonyl (C=O) groups excluding carboxylic acids is 2. The van der Waals surface area contributed by atoms with Gasteiger partial charge in [0.25, 0.3) is 5.91 Å². The van der Waals surface area contributed by atoms with Gasteiger partial charge in [0, 0.05) is 10.6 Å². The van der Waals surface area contributed by atoms with Gasteiger partial charge < -0.3 is 10.1 Å². The van der Waals surface area contributed by atoms with Crippen molar-refractivity contribution in [1.29, 1.82) is 0 Å². The van der Waals surface area contributed by atoms with Gasteiger partial charge in [0.2, 0.25) is 0 Å². The molecule has 0 radical (unpaired) electrons. The molecule has 5 heteroatoms. The van der Waals surface area contributed by atoms with Crippen LogP contribution in [-0.4, -0.2) is 25.0 Å². The van der Waals surface area contributed by atoms with Crippen LogP contribution < -0.4 is 5.32 Å². The molecule has 0 bridgehead atoms. The number of methoxy groups -OCH3 is 1. The third kappa shape index (κ3) is 3.75. The third-order valence-corrected chi connectivity index (χ3v) is 2.56. The van der Waals surface area contributed by atoms with Crippen molar-refractivity contribution in [1.82, 2.24) is 5.32 Å². The predicted octanol–water partition coefficient (Wildman–Crippen LogP) is 2.02. The summed E-state index contributed by atoms with van der Waals surface area (Å²) in [5.74, 6) is -0.770. The zero-order valence-corrected chi connectivity index (χ0v) is 10.5. The normalized spacial score (nSPS) is 11.7. The number of ether oxygens (including phenoxy) is 1. The summed E-state index contributed by atoms with van der Waals surface area (Å²) in [5, 5.41) is 3.15. The molecule has 0 aliphatic carbocycles. The molecule has 1 amide bonds. The minimum Gasteiger partial charge on any atom is -0.467 e. The highest BCUT2D eigenvalue weighted by molar-refractivity contribution is 6.30. The molecule has 0 unspecified atom stereocenters. The van der Waals surface area contributed by atoms with E-state index in [1.807, 2.05) is 0 Å². The van der Waals surface area contributed by atoms with Crippen molar-refractivity contribution in [3.05, 3.63) is 34.9 Å². The molecule has 0 aliphatic heterocycles. The van der Waals surface area contributed by atoms with Gasteiger partial charge >= 0.3 is 5.97 Å². The summed E-state index contributed by atoms with van der Waals surface area (Å²) in [6, 6.07) is 5.82. The first-order valence-electron chi connectivity index (χ1n) is 5.22. The second-order valence-electron chi connectivity index (χ2n) is 3.46. The zero-order chi connectivity index (χ0) is 12.8. The fraction of sp³-hybridized carbons (Fsp3) is 0.333. The molecule has 1 aromatic rings. The summed E-state index contributed by atoms with van der Waals surface area (Å²) in [6.45, 7) is 1.80. The highest BCUT2D eigenvalue weighted by Crippen LogP contribution is 2.09. The van der Waals surface area contributed by atoms with Gasteiger partial charge in [0.05, 0.1) is 7.11 Å². The Bertz CT molecular complexity index is 403. The number of rotatable bonds is 4. The van der Waals surface area contributed by atoms with Crippen LogP contribution in [0.25, 0.3) is 0 Å². The van der Waals surface area contributed by atoms with Crippen molar-refractivity contribution in [3.8, 4) is 0 Å². The molecule has 1 rings (SSSR count). The number of benzene rings is 1. The number of carbonyl (C=O) groups is 2. The van der Waals surface area contributed by atoms with E-state index in [9.17, 15) is 9.59 Å². The molecule has 92 valence electrons. The largest absolute Gasteiger partial charge is 0.467 e. The van der Waals surface area contributed by atoms with Crippen molar-refractivity contribution in [2.45, 2.75) is 19.4 Å². The minimum absolute atomic E-state index is 0.320. The van der Waals surface area contributed by atoms with Gasteiger partial charge in [0.15, 0.2) is 0 Å². The Hall–Kier alpha value is -1.55. The van der Waals surface area contributed by atoms with E-state index in [-0.39, 0.29) is 5.91 Å². The maximum Gasteiger partial charge on any atom is 0.328 e. The van der Waals surface area contributed by atoms with E-state index < -0.39 is 12.0 Å². The number of amides is 1. The van der Waals surface area contributed by atoms with Gasteiger partial charge in [-0.05, 0) is 30.7 Å². The monoisotopic (exact) mass is 255 g/mol. The third-order valence-electron chi connectivity index (χ3n) is 2.31. The predicted molar refractivity (Wildman–Crippen MR) is 65.0 cm³/mol. The maximum absolute atomic E-state index is 11.8. The fourth-order valence-corrected chi connectivity index (χ4v) is 1.44. The highest BCUT2D eigenvalue weighted by Gasteiger charge is 2.19. The van der Waals surface area contributed by atoms with E-state index in [4.69, 9.17) is 11.6 Å². The molecule has 0 saturated heterocycles. The second-order valence-corrected chi connectivity index (χ2v) is 3.90. The number of hydrogen-bond donors (Lipinski definition) is 1. The van der Waals surface area contributed by atoms with Gasteiger partial charge in [-0.15, -0.1) is 0 Å². The molecule has 1 atom stereocenters. The summed E-state index contributed by atoms with van der Waals surface area (Å²) in [4.78, 5) is 23.1. The van der Waals surface area contributed by atoms with Gasteiger partial charge in [-0.25, -0.2) is 4.79 Å². The number of hydrogen-bond acceptors (Lipinski definition) is 3. The molecular weight excluding hydrogens is 242 g/mol. The van der Waals surface area contributed by atoms with E-state index in [2.05, 4.69) is 10.1 Å². The maximum atomic E-state index is 11.8. The molecule has 4 nitrogen and oxygen atoms in total. The first kappa shape index (κ1) is 13.5. The molecule has 17 heavy (non-hydrogen) atoms. The Morgan fingerprint density at radius 3 is 2.41 bits per heavy atom. The minimum atomic E-state index is -0.622. The van der Waals surface area contributed by atoms with Gasteiger partial charge in [-0.2, -0.15) is 0 Å². The molecular formula is C12H14ClNO3. The lowest BCUT2D eigenvalue weighted by molar-refractivity contribution is -0.142. The van der Waals surface area contributed by atoms with E-state index >= 15 is 0 Å². The SMILES string of the molecule is CC[C@@H](NC(=O)c1ccc(Cl)cc1)C(=O)OC. The van der Waals surface area contributed by atoms with Gasteiger partial charge in [-0.1, -0.05) is 18.5 Å². The average molecular weight is 256 g/mol. The average Bonchev–Trinajstić information content (AvgIpc) is 2.35. The first-order chi connectivity index (χ1) is 8.08. The van der Waals surface area contributed by atoms with Crippen LogP contribution in [0.1, 0.15) is 23.7 Å². The molecule has 0 saturated carbocycles. The Morgan fingerprint density at radius 2 is 1.94 bits per heavy atom. The van der Waals surface area contributed by atoms with Gasteiger partial charge in [-0.3, -0.25) is 4.79 Å². The Labute approximate surface area is 105 Å². The van der Waals surface area contributed by atoms with Gasteiger partial charge in [0.1, 0.15) is 6.04 Å². The first-order valence-corrected chi connectivity index (χ1v) is 5.60. The van der Waals surface area contributed by atoms with Crippen LogP contribution in [0.4, 0.5) is 0 Å². The Kier molecular flexibility index (Phi) is 4.97. The Balaban J connectivity index is 2.71. The molecule has 0 heterocycles. The van der Waals surface area contributed by atoms with Crippen molar-refractivity contribution >= 4 is 23.5 Å². The quantitative estimate of drug-likeness (QED) is 0.838. The lowest BCUT2D eigenvalue weighted by Gasteiger charge is -2.14. The molecule has 1 N–H and O–H groups in total. The molecule has 0 aliphatic rings. The van der Waals surface area contributed by atoms with Crippen LogP contribution in [0, 0.1) is 0 Å². The van der Waals surface area contributed by atoms with Crippen molar-refractivity contribution < 1.29 is 14.3 Å². The smallest absolute Gasteiger partial charge is 0.328 e. The summed E-state index contributed by atoms with van der Waals surface area (Å²) in [7, 11) is 1.29. The second kappa shape index (κ2) is 6.25. The van der Waals surface area contributed by atoms with Crippen molar-refractivity contribution in [2.75, 3.05) is 7.11 Å². The van der Waals surface area contributed by atoms with Crippen LogP contribution in [-0.2, 0) is 9.53 Å². The van der Waals surface area contributed by atoms with E-state index in [1.165, 1.54) is 7.11 Å². The van der Waals surface area contributed by atoms with Crippen LogP contribution >= 0.6 is 11.6 Å². The number of esters is 1. The topological polar surface area (TPSA) is 55.4 Å². The standard InChI is InChI=1S/C12H14ClNO3/c1-3-10(12(16)17-2)14-11(15)8-4-6-9(13)7-5-8/h4-7,10H,3H2,1-2H3,(H,14,15)/t10-/m1/s1. The van der Waals surface area contributed by atoms with E-state index in [0.717, 1.165) is 0 Å². The zero-order valence-electron chi connectivity index (χ0n) is 9.70.